The van der Waals surface area contributed by atoms with Gasteiger partial charge < -0.3 is 10.3 Å². The first kappa shape index (κ1) is 17.1. The predicted molar refractivity (Wildman–Crippen MR) is 102 cm³/mol. The zero-order valence-corrected chi connectivity index (χ0v) is 14.9. The Bertz CT molecular complexity index is 1040. The molecule has 2 aromatic carbocycles. The summed E-state index contributed by atoms with van der Waals surface area (Å²) in [7, 11) is 1.62. The lowest BCUT2D eigenvalue weighted by Gasteiger charge is -2.13. The molecule has 0 radical (unpaired) electrons. The van der Waals surface area contributed by atoms with E-state index >= 15 is 0 Å². The number of hydrogen-bond acceptors (Lipinski definition) is 3. The highest BCUT2D eigenvalue weighted by molar-refractivity contribution is 7.71. The summed E-state index contributed by atoms with van der Waals surface area (Å²) in [6.07, 6.45) is 0. The Hall–Kier alpha value is -2.73. The lowest BCUT2D eigenvalue weighted by atomic mass is 10.0. The van der Waals surface area contributed by atoms with Gasteiger partial charge >= 0.3 is 0 Å². The van der Waals surface area contributed by atoms with E-state index in [1.165, 1.54) is 10.1 Å². The molecule has 25 heavy (non-hydrogen) atoms. The third-order valence-electron chi connectivity index (χ3n) is 4.30. The van der Waals surface area contributed by atoms with E-state index in [0.717, 1.165) is 0 Å². The molecular formula is C19H19N3O2S. The van der Waals surface area contributed by atoms with Gasteiger partial charge in [0.2, 0.25) is 0 Å². The zero-order chi connectivity index (χ0) is 18.0. The fourth-order valence-corrected chi connectivity index (χ4v) is 2.89. The highest BCUT2D eigenvalue weighted by atomic mass is 32.1. The summed E-state index contributed by atoms with van der Waals surface area (Å²) in [4.78, 5) is 27.6. The SMILES string of the molecule is CC(CNC(=O)c1ccc2c(=O)n(C)c(=S)[nH]c2c1)c1ccccc1. The van der Waals surface area contributed by atoms with E-state index in [4.69, 9.17) is 12.2 Å². The highest BCUT2D eigenvalue weighted by Crippen LogP contribution is 2.14. The van der Waals surface area contributed by atoms with Crippen molar-refractivity contribution in [3.63, 3.8) is 0 Å². The van der Waals surface area contributed by atoms with Crippen LogP contribution in [0, 0.1) is 4.77 Å². The van der Waals surface area contributed by atoms with Crippen molar-refractivity contribution >= 4 is 29.0 Å². The fourth-order valence-electron chi connectivity index (χ4n) is 2.69. The maximum atomic E-state index is 12.4. The number of amides is 1. The molecule has 0 aliphatic carbocycles. The summed E-state index contributed by atoms with van der Waals surface area (Å²) in [5, 5.41) is 3.45. The minimum absolute atomic E-state index is 0.176. The maximum absolute atomic E-state index is 12.4. The van der Waals surface area contributed by atoms with Crippen LogP contribution in [0.2, 0.25) is 0 Å². The van der Waals surface area contributed by atoms with Gasteiger partial charge in [0, 0.05) is 19.2 Å². The Labute approximate surface area is 150 Å². The molecule has 3 aromatic rings. The van der Waals surface area contributed by atoms with E-state index in [1.807, 2.05) is 30.3 Å². The normalized spacial score (nSPS) is 12.1. The summed E-state index contributed by atoms with van der Waals surface area (Å²) >= 11 is 5.12. The van der Waals surface area contributed by atoms with Crippen LogP contribution in [0.15, 0.2) is 53.3 Å². The Balaban J connectivity index is 1.80. The Morgan fingerprint density at radius 3 is 2.68 bits per heavy atom. The number of nitrogens with one attached hydrogen (secondary N) is 2. The average molecular weight is 353 g/mol. The van der Waals surface area contributed by atoms with Crippen molar-refractivity contribution in [1.82, 2.24) is 14.9 Å². The molecule has 0 aliphatic heterocycles. The van der Waals surface area contributed by atoms with Crippen LogP contribution in [-0.4, -0.2) is 22.0 Å². The van der Waals surface area contributed by atoms with Gasteiger partial charge in [-0.05, 0) is 41.9 Å². The fraction of sp³-hybridized carbons (Fsp3) is 0.211. The average Bonchev–Trinajstić information content (AvgIpc) is 2.64. The Morgan fingerprint density at radius 2 is 1.96 bits per heavy atom. The van der Waals surface area contributed by atoms with E-state index in [0.29, 0.717) is 27.8 Å². The lowest BCUT2D eigenvalue weighted by molar-refractivity contribution is 0.0952. The number of rotatable bonds is 4. The number of aromatic nitrogens is 2. The van der Waals surface area contributed by atoms with E-state index in [-0.39, 0.29) is 17.4 Å². The van der Waals surface area contributed by atoms with Crippen molar-refractivity contribution in [2.75, 3.05) is 6.54 Å². The van der Waals surface area contributed by atoms with Gasteiger partial charge in [-0.15, -0.1) is 0 Å². The number of fused-ring (bicyclic) bond motifs is 1. The molecule has 1 heterocycles. The molecule has 1 amide bonds. The van der Waals surface area contributed by atoms with Crippen molar-refractivity contribution in [2.24, 2.45) is 7.05 Å². The molecule has 0 spiro atoms. The lowest BCUT2D eigenvalue weighted by Crippen LogP contribution is -2.27. The second-order valence-corrected chi connectivity index (χ2v) is 6.46. The number of carbonyl (C=O) groups is 1. The van der Waals surface area contributed by atoms with Gasteiger partial charge in [-0.1, -0.05) is 37.3 Å². The molecule has 0 bridgehead atoms. The second-order valence-electron chi connectivity index (χ2n) is 6.08. The van der Waals surface area contributed by atoms with Gasteiger partial charge in [0.15, 0.2) is 4.77 Å². The molecule has 0 saturated heterocycles. The zero-order valence-electron chi connectivity index (χ0n) is 14.1. The molecule has 1 unspecified atom stereocenters. The van der Waals surface area contributed by atoms with Gasteiger partial charge in [0.1, 0.15) is 0 Å². The van der Waals surface area contributed by atoms with E-state index < -0.39 is 0 Å². The summed E-state index contributed by atoms with van der Waals surface area (Å²) in [5.74, 6) is 0.0355. The van der Waals surface area contributed by atoms with Gasteiger partial charge in [0.05, 0.1) is 10.9 Å². The standard InChI is InChI=1S/C19H19N3O2S/c1-12(13-6-4-3-5-7-13)11-20-17(23)14-8-9-15-16(10-14)21-19(25)22(2)18(15)24/h3-10,12H,11H2,1-2H3,(H,20,23)(H,21,25). The maximum Gasteiger partial charge on any atom is 0.261 e. The number of H-pyrrole nitrogens is 1. The first-order valence-electron chi connectivity index (χ1n) is 8.03. The van der Waals surface area contributed by atoms with Crippen LogP contribution in [-0.2, 0) is 7.05 Å². The Morgan fingerprint density at radius 1 is 1.24 bits per heavy atom. The molecule has 0 saturated carbocycles. The van der Waals surface area contributed by atoms with Gasteiger partial charge in [-0.25, -0.2) is 0 Å². The monoisotopic (exact) mass is 353 g/mol. The molecule has 2 N–H and O–H groups in total. The third-order valence-corrected chi connectivity index (χ3v) is 4.68. The van der Waals surface area contributed by atoms with Gasteiger partial charge in [-0.3, -0.25) is 14.2 Å². The van der Waals surface area contributed by atoms with Crippen molar-refractivity contribution in [2.45, 2.75) is 12.8 Å². The number of nitrogens with zero attached hydrogens (tertiary/aromatic N) is 1. The Kier molecular flexibility index (Phi) is 4.81. The number of aromatic amines is 1. The molecule has 128 valence electrons. The first-order valence-corrected chi connectivity index (χ1v) is 8.44. The van der Waals surface area contributed by atoms with Crippen LogP contribution in [0.25, 0.3) is 10.9 Å². The van der Waals surface area contributed by atoms with Crippen LogP contribution in [0.3, 0.4) is 0 Å². The van der Waals surface area contributed by atoms with Crippen LogP contribution in [0.1, 0.15) is 28.8 Å². The van der Waals surface area contributed by atoms with Crippen molar-refractivity contribution in [1.29, 1.82) is 0 Å². The minimum atomic E-state index is -0.177. The quantitative estimate of drug-likeness (QED) is 0.708. The van der Waals surface area contributed by atoms with Crippen molar-refractivity contribution in [3.8, 4) is 0 Å². The number of hydrogen-bond donors (Lipinski definition) is 2. The summed E-state index contributed by atoms with van der Waals surface area (Å²) in [6, 6.07) is 15.0. The molecule has 6 heteroatoms. The van der Waals surface area contributed by atoms with Crippen LogP contribution in [0.5, 0.6) is 0 Å². The van der Waals surface area contributed by atoms with Crippen LogP contribution >= 0.6 is 12.2 Å². The molecule has 0 aliphatic rings. The first-order chi connectivity index (χ1) is 12.0. The largest absolute Gasteiger partial charge is 0.351 e. The predicted octanol–water partition coefficient (Wildman–Crippen LogP) is 3.13. The molecule has 1 atom stereocenters. The van der Waals surface area contributed by atoms with Gasteiger partial charge in [-0.2, -0.15) is 0 Å². The van der Waals surface area contributed by atoms with Gasteiger partial charge in [0.25, 0.3) is 11.5 Å². The van der Waals surface area contributed by atoms with E-state index in [2.05, 4.69) is 17.2 Å². The summed E-state index contributed by atoms with van der Waals surface area (Å²) in [5.41, 5.74) is 2.06. The molecule has 0 fully saturated rings. The molecule has 5 nitrogen and oxygen atoms in total. The molecule has 1 aromatic heterocycles. The second kappa shape index (κ2) is 7.03. The number of carbonyl (C=O) groups excluding carboxylic acids is 1. The highest BCUT2D eigenvalue weighted by Gasteiger charge is 2.11. The smallest absolute Gasteiger partial charge is 0.261 e. The summed E-state index contributed by atoms with van der Waals surface area (Å²) < 4.78 is 1.70. The molecular weight excluding hydrogens is 334 g/mol. The van der Waals surface area contributed by atoms with Crippen molar-refractivity contribution in [3.05, 3.63) is 74.8 Å². The third kappa shape index (κ3) is 3.53. The van der Waals surface area contributed by atoms with Crippen LogP contribution < -0.4 is 10.9 Å². The van der Waals surface area contributed by atoms with Crippen LogP contribution in [0.4, 0.5) is 0 Å². The topological polar surface area (TPSA) is 66.9 Å². The van der Waals surface area contributed by atoms with E-state index in [1.54, 1.807) is 25.2 Å². The van der Waals surface area contributed by atoms with Crippen molar-refractivity contribution < 1.29 is 4.79 Å². The van der Waals surface area contributed by atoms with E-state index in [9.17, 15) is 9.59 Å². The summed E-state index contributed by atoms with van der Waals surface area (Å²) in [6.45, 7) is 2.60. The molecule has 3 rings (SSSR count). The number of benzene rings is 2. The minimum Gasteiger partial charge on any atom is -0.351 e.